The van der Waals surface area contributed by atoms with E-state index in [0.29, 0.717) is 19.1 Å². The summed E-state index contributed by atoms with van der Waals surface area (Å²) in [7, 11) is 1.79. The van der Waals surface area contributed by atoms with Crippen molar-refractivity contribution in [2.24, 2.45) is 4.99 Å². The van der Waals surface area contributed by atoms with Crippen LogP contribution in [0.25, 0.3) is 11.0 Å². The molecule has 7 heteroatoms. The molecule has 2 aromatic rings. The van der Waals surface area contributed by atoms with E-state index in [2.05, 4.69) is 45.8 Å². The molecule has 0 aliphatic carbocycles. The second kappa shape index (κ2) is 10.3. The third-order valence-electron chi connectivity index (χ3n) is 5.45. The van der Waals surface area contributed by atoms with Gasteiger partial charge in [0.25, 0.3) is 0 Å². The lowest BCUT2D eigenvalue weighted by molar-refractivity contribution is -0.122. The Kier molecular flexibility index (Phi) is 7.52. The third kappa shape index (κ3) is 5.73. The van der Waals surface area contributed by atoms with Gasteiger partial charge >= 0.3 is 0 Å². The highest BCUT2D eigenvalue weighted by molar-refractivity contribution is 5.83. The van der Waals surface area contributed by atoms with Crippen LogP contribution in [0.15, 0.2) is 33.7 Å². The van der Waals surface area contributed by atoms with Gasteiger partial charge in [-0.3, -0.25) is 14.7 Å². The second-order valence-electron chi connectivity index (χ2n) is 7.62. The van der Waals surface area contributed by atoms with Crippen molar-refractivity contribution < 1.29 is 9.21 Å². The first-order valence-corrected chi connectivity index (χ1v) is 10.5. The predicted octanol–water partition coefficient (Wildman–Crippen LogP) is 2.40. The zero-order valence-corrected chi connectivity index (χ0v) is 17.8. The first kappa shape index (κ1) is 21.2. The molecule has 0 radical (unpaired) electrons. The highest BCUT2D eigenvalue weighted by Gasteiger charge is 2.21. The van der Waals surface area contributed by atoms with Gasteiger partial charge in [-0.1, -0.05) is 25.1 Å². The smallest absolute Gasteiger partial charge is 0.234 e. The van der Waals surface area contributed by atoms with E-state index in [0.717, 1.165) is 61.6 Å². The molecule has 158 valence electrons. The number of rotatable bonds is 7. The summed E-state index contributed by atoms with van der Waals surface area (Å²) in [6.45, 7) is 7.82. The summed E-state index contributed by atoms with van der Waals surface area (Å²) in [6, 6.07) is 8.45. The number of piperidine rings is 1. The van der Waals surface area contributed by atoms with E-state index in [1.54, 1.807) is 7.05 Å². The summed E-state index contributed by atoms with van der Waals surface area (Å²) in [5.74, 6) is 1.84. The number of fused-ring (bicyclic) bond motifs is 1. The van der Waals surface area contributed by atoms with Crippen LogP contribution in [0.2, 0.25) is 0 Å². The molecule has 1 aliphatic rings. The van der Waals surface area contributed by atoms with Crippen LogP contribution in [-0.2, 0) is 11.3 Å². The van der Waals surface area contributed by atoms with Gasteiger partial charge in [-0.05, 0) is 32.3 Å². The molecule has 0 spiro atoms. The van der Waals surface area contributed by atoms with Crippen molar-refractivity contribution in [3.8, 4) is 0 Å². The Hall–Kier alpha value is -2.54. The van der Waals surface area contributed by atoms with Crippen LogP contribution >= 0.6 is 0 Å². The summed E-state index contributed by atoms with van der Waals surface area (Å²) >= 11 is 0. The minimum absolute atomic E-state index is 0.122. The molecule has 1 aromatic carbocycles. The third-order valence-corrected chi connectivity index (χ3v) is 5.45. The zero-order chi connectivity index (χ0) is 20.6. The van der Waals surface area contributed by atoms with Crippen LogP contribution in [0.5, 0.6) is 0 Å². The SMILES string of the molecule is CCCNC(=O)CN1CCC(NC(=NC)NCc2oc3ccccc3c2C)CC1. The molecule has 3 rings (SSSR count). The first-order valence-electron chi connectivity index (χ1n) is 10.5. The number of carbonyl (C=O) groups is 1. The fraction of sp³-hybridized carbons (Fsp3) is 0.545. The summed E-state index contributed by atoms with van der Waals surface area (Å²) in [6.07, 6.45) is 2.95. The van der Waals surface area contributed by atoms with Gasteiger partial charge in [0.05, 0.1) is 13.1 Å². The molecule has 1 aromatic heterocycles. The summed E-state index contributed by atoms with van der Waals surface area (Å²) in [4.78, 5) is 18.5. The Morgan fingerprint density at radius 1 is 1.24 bits per heavy atom. The Morgan fingerprint density at radius 2 is 2.00 bits per heavy atom. The minimum Gasteiger partial charge on any atom is -0.459 e. The Morgan fingerprint density at radius 3 is 2.69 bits per heavy atom. The van der Waals surface area contributed by atoms with Crippen molar-refractivity contribution in [3.05, 3.63) is 35.6 Å². The van der Waals surface area contributed by atoms with Gasteiger partial charge in [-0.15, -0.1) is 0 Å². The van der Waals surface area contributed by atoms with E-state index in [4.69, 9.17) is 4.42 Å². The number of hydrogen-bond acceptors (Lipinski definition) is 4. The van der Waals surface area contributed by atoms with Gasteiger partial charge in [-0.2, -0.15) is 0 Å². The van der Waals surface area contributed by atoms with Gasteiger partial charge in [0.15, 0.2) is 5.96 Å². The van der Waals surface area contributed by atoms with Crippen LogP contribution in [0, 0.1) is 6.92 Å². The lowest BCUT2D eigenvalue weighted by Crippen LogP contribution is -2.50. The van der Waals surface area contributed by atoms with E-state index in [-0.39, 0.29) is 5.91 Å². The molecule has 2 heterocycles. The van der Waals surface area contributed by atoms with Gasteiger partial charge in [0.2, 0.25) is 5.91 Å². The minimum atomic E-state index is 0.122. The normalized spacial score (nSPS) is 16.2. The number of para-hydroxylation sites is 1. The number of carbonyl (C=O) groups excluding carboxylic acids is 1. The van der Waals surface area contributed by atoms with Gasteiger partial charge in [-0.25, -0.2) is 0 Å². The van der Waals surface area contributed by atoms with Crippen LogP contribution in [0.1, 0.15) is 37.5 Å². The molecule has 1 aliphatic heterocycles. The average molecular weight is 400 g/mol. The maximum Gasteiger partial charge on any atom is 0.234 e. The standard InChI is InChI=1S/C22H33N5O2/c1-4-11-24-21(28)15-27-12-9-17(10-13-27)26-22(23-3)25-14-20-16(2)18-7-5-6-8-19(18)29-20/h5-8,17H,4,9-15H2,1-3H3,(H,24,28)(H2,23,25,26). The van der Waals surface area contributed by atoms with Crippen molar-refractivity contribution in [3.63, 3.8) is 0 Å². The highest BCUT2D eigenvalue weighted by Crippen LogP contribution is 2.24. The molecule has 1 fully saturated rings. The number of aryl methyl sites for hydroxylation is 1. The van der Waals surface area contributed by atoms with Crippen molar-refractivity contribution in [2.45, 2.75) is 45.7 Å². The molecule has 7 nitrogen and oxygen atoms in total. The number of furan rings is 1. The maximum absolute atomic E-state index is 11.9. The average Bonchev–Trinajstić information content (AvgIpc) is 3.06. The van der Waals surface area contributed by atoms with Crippen LogP contribution in [0.3, 0.4) is 0 Å². The molecular formula is C22H33N5O2. The number of amides is 1. The summed E-state index contributed by atoms with van der Waals surface area (Å²) < 4.78 is 5.97. The van der Waals surface area contributed by atoms with Crippen molar-refractivity contribution in [1.82, 2.24) is 20.9 Å². The molecule has 29 heavy (non-hydrogen) atoms. The predicted molar refractivity (Wildman–Crippen MR) is 117 cm³/mol. The van der Waals surface area contributed by atoms with Crippen molar-refractivity contribution in [2.75, 3.05) is 33.2 Å². The largest absolute Gasteiger partial charge is 0.459 e. The molecule has 0 saturated carbocycles. The quantitative estimate of drug-likeness (QED) is 0.492. The van der Waals surface area contributed by atoms with Gasteiger partial charge < -0.3 is 20.4 Å². The van der Waals surface area contributed by atoms with Crippen molar-refractivity contribution >= 4 is 22.8 Å². The Bertz CT molecular complexity index is 837. The number of nitrogens with zero attached hydrogens (tertiary/aromatic N) is 2. The number of guanidine groups is 1. The highest BCUT2D eigenvalue weighted by atomic mass is 16.3. The van der Waals surface area contributed by atoms with Crippen LogP contribution < -0.4 is 16.0 Å². The van der Waals surface area contributed by atoms with Crippen LogP contribution in [0.4, 0.5) is 0 Å². The molecule has 3 N–H and O–H groups in total. The second-order valence-corrected chi connectivity index (χ2v) is 7.62. The number of nitrogens with one attached hydrogen (secondary N) is 3. The number of aliphatic imine (C=N–C) groups is 1. The monoisotopic (exact) mass is 399 g/mol. The van der Waals surface area contributed by atoms with E-state index in [1.807, 2.05) is 18.2 Å². The Balaban J connectivity index is 1.45. The number of benzene rings is 1. The first-order chi connectivity index (χ1) is 14.1. The number of likely N-dealkylation sites (tertiary alicyclic amines) is 1. The van der Waals surface area contributed by atoms with Gasteiger partial charge in [0, 0.05) is 43.7 Å². The molecule has 0 atom stereocenters. The lowest BCUT2D eigenvalue weighted by atomic mass is 10.1. The van der Waals surface area contributed by atoms with Crippen LogP contribution in [-0.4, -0.2) is 56.0 Å². The summed E-state index contributed by atoms with van der Waals surface area (Å²) in [5, 5.41) is 11.0. The molecule has 1 saturated heterocycles. The maximum atomic E-state index is 11.9. The molecular weight excluding hydrogens is 366 g/mol. The van der Waals surface area contributed by atoms with E-state index < -0.39 is 0 Å². The zero-order valence-electron chi connectivity index (χ0n) is 17.8. The van der Waals surface area contributed by atoms with Gasteiger partial charge in [0.1, 0.15) is 11.3 Å². The number of hydrogen-bond donors (Lipinski definition) is 3. The molecule has 1 amide bonds. The molecule has 0 bridgehead atoms. The van der Waals surface area contributed by atoms with E-state index in [9.17, 15) is 4.79 Å². The van der Waals surface area contributed by atoms with E-state index in [1.165, 1.54) is 5.56 Å². The lowest BCUT2D eigenvalue weighted by Gasteiger charge is -2.32. The molecule has 0 unspecified atom stereocenters. The Labute approximate surface area is 172 Å². The fourth-order valence-corrected chi connectivity index (χ4v) is 3.70. The topological polar surface area (TPSA) is 81.9 Å². The summed E-state index contributed by atoms with van der Waals surface area (Å²) in [5.41, 5.74) is 2.08. The van der Waals surface area contributed by atoms with E-state index >= 15 is 0 Å². The van der Waals surface area contributed by atoms with Crippen molar-refractivity contribution in [1.29, 1.82) is 0 Å². The fourth-order valence-electron chi connectivity index (χ4n) is 3.70.